The molecule has 1 N–H and O–H groups in total. The Hall–Kier alpha value is -1.54. The normalized spacial score (nSPS) is 10.2. The second kappa shape index (κ2) is 7.69. The van der Waals surface area contributed by atoms with E-state index in [0.29, 0.717) is 6.61 Å². The summed E-state index contributed by atoms with van der Waals surface area (Å²) in [6, 6.07) is 8.21. The number of ether oxygens (including phenoxy) is 1. The highest BCUT2D eigenvalue weighted by Gasteiger charge is 2.10. The number of hydrogen-bond acceptors (Lipinski definition) is 1. The minimum Gasteiger partial charge on any atom is -0.493 e. The smallest absolute Gasteiger partial charge is 0.128 e. The van der Waals surface area contributed by atoms with Crippen molar-refractivity contribution in [1.82, 2.24) is 0 Å². The van der Waals surface area contributed by atoms with Crippen LogP contribution < -0.4 is 9.64 Å². The molecule has 0 aliphatic heterocycles. The zero-order valence-corrected chi connectivity index (χ0v) is 10.6. The molecule has 0 radical (unpaired) electrons. The Morgan fingerprint density at radius 2 is 1.82 bits per heavy atom. The molecule has 0 amide bonds. The van der Waals surface area contributed by atoms with E-state index >= 15 is 0 Å². The van der Waals surface area contributed by atoms with Crippen LogP contribution in [0.5, 0.6) is 5.75 Å². The van der Waals surface area contributed by atoms with E-state index in [1.807, 2.05) is 31.2 Å². The molecule has 0 saturated carbocycles. The standard InChI is InChI=1S/C15H21NO/c1-4-11-16(12-5-2)13-14-9-7-8-10-15(14)17-6-3/h4-5,7-10H,1-2,6,11-13H2,3H3/p+1. The number of para-hydroxylation sites is 1. The van der Waals surface area contributed by atoms with Crippen molar-refractivity contribution < 1.29 is 9.64 Å². The van der Waals surface area contributed by atoms with Crippen molar-refractivity contribution in [2.45, 2.75) is 13.5 Å². The van der Waals surface area contributed by atoms with Gasteiger partial charge in [-0.05, 0) is 31.2 Å². The molecule has 1 rings (SSSR count). The second-order valence-corrected chi connectivity index (χ2v) is 3.95. The monoisotopic (exact) mass is 232 g/mol. The van der Waals surface area contributed by atoms with Crippen molar-refractivity contribution in [2.24, 2.45) is 0 Å². The van der Waals surface area contributed by atoms with E-state index in [0.717, 1.165) is 25.4 Å². The molecule has 0 aliphatic rings. The number of rotatable bonds is 8. The van der Waals surface area contributed by atoms with Gasteiger partial charge in [0, 0.05) is 5.56 Å². The molecule has 0 saturated heterocycles. The largest absolute Gasteiger partial charge is 0.493 e. The van der Waals surface area contributed by atoms with Gasteiger partial charge in [0.1, 0.15) is 12.3 Å². The van der Waals surface area contributed by atoms with Crippen molar-refractivity contribution in [3.63, 3.8) is 0 Å². The molecule has 1 aromatic carbocycles. The van der Waals surface area contributed by atoms with Crippen molar-refractivity contribution in [3.05, 3.63) is 55.1 Å². The van der Waals surface area contributed by atoms with E-state index in [1.165, 1.54) is 10.5 Å². The summed E-state index contributed by atoms with van der Waals surface area (Å²) in [5.74, 6) is 0.987. The molecule has 2 nitrogen and oxygen atoms in total. The van der Waals surface area contributed by atoms with Crippen LogP contribution in [0.3, 0.4) is 0 Å². The SMILES string of the molecule is C=CC[NH+](CC=C)Cc1ccccc1OCC. The Balaban J connectivity index is 2.76. The van der Waals surface area contributed by atoms with Gasteiger partial charge in [0.05, 0.1) is 19.7 Å². The van der Waals surface area contributed by atoms with E-state index in [-0.39, 0.29) is 0 Å². The van der Waals surface area contributed by atoms with Crippen LogP contribution in [0, 0.1) is 0 Å². The Kier molecular flexibility index (Phi) is 6.12. The number of quaternary nitrogens is 1. The van der Waals surface area contributed by atoms with Crippen LogP contribution >= 0.6 is 0 Å². The van der Waals surface area contributed by atoms with Gasteiger partial charge in [0.2, 0.25) is 0 Å². The van der Waals surface area contributed by atoms with Gasteiger partial charge in [-0.2, -0.15) is 0 Å². The molecular weight excluding hydrogens is 210 g/mol. The fraction of sp³-hybridized carbons (Fsp3) is 0.333. The summed E-state index contributed by atoms with van der Waals surface area (Å²) in [7, 11) is 0. The quantitative estimate of drug-likeness (QED) is 0.675. The van der Waals surface area contributed by atoms with Gasteiger partial charge in [0.25, 0.3) is 0 Å². The molecule has 0 aliphatic carbocycles. The van der Waals surface area contributed by atoms with Gasteiger partial charge >= 0.3 is 0 Å². The van der Waals surface area contributed by atoms with Crippen LogP contribution in [0.1, 0.15) is 12.5 Å². The zero-order valence-electron chi connectivity index (χ0n) is 10.6. The molecule has 0 spiro atoms. The Bertz CT molecular complexity index is 350. The minimum atomic E-state index is 0.704. The summed E-state index contributed by atoms with van der Waals surface area (Å²) in [5, 5.41) is 0. The number of nitrogens with one attached hydrogen (secondary N) is 1. The third-order valence-corrected chi connectivity index (χ3v) is 2.58. The maximum Gasteiger partial charge on any atom is 0.128 e. The molecule has 92 valence electrons. The van der Waals surface area contributed by atoms with Gasteiger partial charge < -0.3 is 9.64 Å². The predicted molar refractivity (Wildman–Crippen MR) is 72.4 cm³/mol. The van der Waals surface area contributed by atoms with Crippen molar-refractivity contribution in [3.8, 4) is 5.75 Å². The lowest BCUT2D eigenvalue weighted by Gasteiger charge is -2.18. The average Bonchev–Trinajstić information content (AvgIpc) is 2.33. The Morgan fingerprint density at radius 3 is 2.41 bits per heavy atom. The van der Waals surface area contributed by atoms with Gasteiger partial charge in [-0.15, -0.1) is 0 Å². The minimum absolute atomic E-state index is 0.704. The van der Waals surface area contributed by atoms with E-state index < -0.39 is 0 Å². The van der Waals surface area contributed by atoms with E-state index in [9.17, 15) is 0 Å². The maximum absolute atomic E-state index is 5.63. The van der Waals surface area contributed by atoms with Crippen LogP contribution in [0.25, 0.3) is 0 Å². The van der Waals surface area contributed by atoms with Crippen LogP contribution in [0.4, 0.5) is 0 Å². The molecule has 17 heavy (non-hydrogen) atoms. The molecule has 2 heteroatoms. The lowest BCUT2D eigenvalue weighted by atomic mass is 10.2. The first-order valence-corrected chi connectivity index (χ1v) is 6.07. The molecule has 0 aromatic heterocycles. The second-order valence-electron chi connectivity index (χ2n) is 3.95. The summed E-state index contributed by atoms with van der Waals surface area (Å²) >= 11 is 0. The average molecular weight is 232 g/mol. The topological polar surface area (TPSA) is 13.7 Å². The summed E-state index contributed by atoms with van der Waals surface area (Å²) in [6.07, 6.45) is 3.89. The fourth-order valence-electron chi connectivity index (χ4n) is 1.85. The highest BCUT2D eigenvalue weighted by atomic mass is 16.5. The Morgan fingerprint density at radius 1 is 1.18 bits per heavy atom. The lowest BCUT2D eigenvalue weighted by Crippen LogP contribution is -3.10. The van der Waals surface area contributed by atoms with E-state index in [1.54, 1.807) is 0 Å². The van der Waals surface area contributed by atoms with Crippen molar-refractivity contribution >= 4 is 0 Å². The van der Waals surface area contributed by atoms with Gasteiger partial charge in [0.15, 0.2) is 0 Å². The van der Waals surface area contributed by atoms with Crippen LogP contribution in [-0.4, -0.2) is 19.7 Å². The van der Waals surface area contributed by atoms with Crippen molar-refractivity contribution in [1.29, 1.82) is 0 Å². The third kappa shape index (κ3) is 4.45. The van der Waals surface area contributed by atoms with Crippen LogP contribution in [0.15, 0.2) is 49.6 Å². The molecule has 0 heterocycles. The first-order chi connectivity index (χ1) is 8.31. The molecular formula is C15H22NO+. The van der Waals surface area contributed by atoms with Gasteiger partial charge in [-0.25, -0.2) is 0 Å². The van der Waals surface area contributed by atoms with Gasteiger partial charge in [-0.3, -0.25) is 0 Å². The highest BCUT2D eigenvalue weighted by molar-refractivity contribution is 5.32. The number of benzene rings is 1. The van der Waals surface area contributed by atoms with Crippen LogP contribution in [-0.2, 0) is 6.54 Å². The third-order valence-electron chi connectivity index (χ3n) is 2.58. The van der Waals surface area contributed by atoms with E-state index in [2.05, 4.69) is 25.3 Å². The van der Waals surface area contributed by atoms with E-state index in [4.69, 9.17) is 4.74 Å². The maximum atomic E-state index is 5.63. The summed E-state index contributed by atoms with van der Waals surface area (Å²) in [5.41, 5.74) is 1.24. The Labute approximate surface area is 104 Å². The highest BCUT2D eigenvalue weighted by Crippen LogP contribution is 2.16. The first-order valence-electron chi connectivity index (χ1n) is 6.07. The first kappa shape index (κ1) is 13.5. The lowest BCUT2D eigenvalue weighted by molar-refractivity contribution is -0.902. The molecule has 0 bridgehead atoms. The fourth-order valence-corrected chi connectivity index (χ4v) is 1.85. The molecule has 0 unspecified atom stereocenters. The predicted octanol–water partition coefficient (Wildman–Crippen LogP) is 1.84. The van der Waals surface area contributed by atoms with Crippen molar-refractivity contribution in [2.75, 3.05) is 19.7 Å². The summed E-state index contributed by atoms with van der Waals surface area (Å²) in [6.45, 7) is 13.1. The molecule has 1 aromatic rings. The zero-order chi connectivity index (χ0) is 12.5. The molecule has 0 atom stereocenters. The van der Waals surface area contributed by atoms with Gasteiger partial charge in [-0.1, -0.05) is 25.3 Å². The number of hydrogen-bond donors (Lipinski definition) is 1. The molecule has 0 fully saturated rings. The summed E-state index contributed by atoms with van der Waals surface area (Å²) < 4.78 is 5.63. The summed E-state index contributed by atoms with van der Waals surface area (Å²) in [4.78, 5) is 1.42. The van der Waals surface area contributed by atoms with Crippen LogP contribution in [0.2, 0.25) is 0 Å².